The molecule has 0 aromatic heterocycles. The molecule has 0 fully saturated rings. The number of hydrogen-bond acceptors (Lipinski definition) is 4. The molecule has 6 aliphatic carbocycles. The van der Waals surface area contributed by atoms with E-state index in [9.17, 15) is 0 Å². The van der Waals surface area contributed by atoms with Crippen LogP contribution >= 0.6 is 0 Å². The molecule has 0 atom stereocenters. The minimum Gasteiger partial charge on any atom is -0.494 e. The Morgan fingerprint density at radius 1 is 0.184 bits per heavy atom. The van der Waals surface area contributed by atoms with Crippen LogP contribution in [0, 0.1) is 0 Å². The maximum Gasteiger partial charge on any atom is 0.119 e. The number of rotatable bonds is 26. The first-order valence-electron chi connectivity index (χ1n) is 39.0. The largest absolute Gasteiger partial charge is 0.494 e. The molecule has 512 valence electrons. The zero-order chi connectivity index (χ0) is 69.2. The Morgan fingerprint density at radius 2 is 0.398 bits per heavy atom. The van der Waals surface area contributed by atoms with Crippen molar-refractivity contribution in [2.45, 2.75) is 147 Å². The van der Waals surface area contributed by atoms with E-state index in [2.05, 4.69) is 270 Å². The summed E-state index contributed by atoms with van der Waals surface area (Å²) in [6, 6.07) is 94.3. The molecule has 3 spiro atoms. The summed E-state index contributed by atoms with van der Waals surface area (Å²) in [4.78, 5) is 0. The molecule has 0 heterocycles. The maximum absolute atomic E-state index is 6.63. The van der Waals surface area contributed by atoms with Gasteiger partial charge in [0.2, 0.25) is 0 Å². The Kier molecular flexibility index (Phi) is 17.0. The third-order valence-electron chi connectivity index (χ3n) is 24.1. The van der Waals surface area contributed by atoms with Crippen LogP contribution in [0.1, 0.15) is 197 Å². The zero-order valence-electron chi connectivity index (χ0n) is 60.4. The number of ether oxygens (including phenoxy) is 4. The number of benzene rings is 12. The minimum absolute atomic E-state index is 0.568. The lowest BCUT2D eigenvalue weighted by Gasteiger charge is -2.32. The van der Waals surface area contributed by atoms with Crippen LogP contribution < -0.4 is 18.9 Å². The number of hydrogen-bond donors (Lipinski definition) is 0. The van der Waals surface area contributed by atoms with Gasteiger partial charge in [0.05, 0.1) is 42.7 Å². The third-order valence-corrected chi connectivity index (χ3v) is 24.1. The van der Waals surface area contributed by atoms with Crippen LogP contribution in [0.4, 0.5) is 0 Å². The Bertz CT molecular complexity index is 4820. The Balaban J connectivity index is 0.769. The molecule has 0 amide bonds. The molecule has 0 radical (unpaired) electrons. The number of unbranched alkanes of at least 4 members (excludes halogenated alkanes) is 12. The standard InChI is InChI=1S/C99H92O4/c1-5-9-13-25-53-100-69-41-49-89-81(61-69)82-62-70(101-54-26-14-10-6-2)42-50-90(82)97(89)85-33-21-19-31-75(85)77-45-37-65(57-93(77)97)67-39-47-79-80-48-40-68(60-96(80)99(95(79)59-67)87-35-23-17-29-73(87)74-30-18-24-36-88(74)99)66-38-46-78-76-32-20-22-34-86(76)98(94(78)58-66)91-51-43-71(102-55-27-15-11-7-3)63-83(91)84-64-72(44-52-92(84)98)103-56-28-16-12-8-4/h17-24,29-52,57-64H,5-16,25-28,53-56H2,1-4H3. The van der Waals surface area contributed by atoms with Crippen LogP contribution in [-0.2, 0) is 16.2 Å². The molecule has 6 aliphatic rings. The molecule has 12 aromatic carbocycles. The van der Waals surface area contributed by atoms with Crippen LogP contribution in [0.15, 0.2) is 243 Å². The fourth-order valence-corrected chi connectivity index (χ4v) is 19.4. The normalized spacial score (nSPS) is 14.3. The maximum atomic E-state index is 6.63. The van der Waals surface area contributed by atoms with Gasteiger partial charge in [-0.25, -0.2) is 0 Å². The van der Waals surface area contributed by atoms with E-state index in [1.807, 2.05) is 0 Å². The highest BCUT2D eigenvalue weighted by atomic mass is 16.5. The van der Waals surface area contributed by atoms with Gasteiger partial charge < -0.3 is 18.9 Å². The van der Waals surface area contributed by atoms with Crippen LogP contribution in [0.3, 0.4) is 0 Å². The van der Waals surface area contributed by atoms with E-state index in [1.54, 1.807) is 0 Å². The lowest BCUT2D eigenvalue weighted by molar-refractivity contribution is 0.304. The molecule has 4 nitrogen and oxygen atoms in total. The molecule has 4 heteroatoms. The first-order chi connectivity index (χ1) is 50.9. The highest BCUT2D eigenvalue weighted by molar-refractivity contribution is 6.01. The smallest absolute Gasteiger partial charge is 0.119 e. The van der Waals surface area contributed by atoms with E-state index in [0.29, 0.717) is 26.4 Å². The predicted octanol–water partition coefficient (Wildman–Crippen LogP) is 25.9. The topological polar surface area (TPSA) is 36.9 Å². The third kappa shape index (κ3) is 10.2. The lowest BCUT2D eigenvalue weighted by Crippen LogP contribution is -2.26. The number of fused-ring (bicyclic) bond motifs is 30. The van der Waals surface area contributed by atoms with Crippen LogP contribution in [0.5, 0.6) is 23.0 Å². The summed E-state index contributed by atoms with van der Waals surface area (Å²) in [6.07, 6.45) is 18.6. The van der Waals surface area contributed by atoms with E-state index in [-0.39, 0.29) is 0 Å². The molecule has 0 unspecified atom stereocenters. The molecule has 0 N–H and O–H groups in total. The molecular weight excluding hydrogens is 1250 g/mol. The average Bonchev–Trinajstić information content (AvgIpc) is 1.52. The lowest BCUT2D eigenvalue weighted by atomic mass is 9.69. The molecule has 0 saturated carbocycles. The predicted molar refractivity (Wildman–Crippen MR) is 425 cm³/mol. The molecule has 18 rings (SSSR count). The van der Waals surface area contributed by atoms with Gasteiger partial charge in [0, 0.05) is 0 Å². The van der Waals surface area contributed by atoms with E-state index in [0.717, 1.165) is 48.7 Å². The summed E-state index contributed by atoms with van der Waals surface area (Å²) in [6.45, 7) is 11.9. The molecule has 0 aliphatic heterocycles. The van der Waals surface area contributed by atoms with Gasteiger partial charge in [-0.3, -0.25) is 0 Å². The van der Waals surface area contributed by atoms with E-state index < -0.39 is 16.2 Å². The van der Waals surface area contributed by atoms with Crippen LogP contribution in [0.2, 0.25) is 0 Å². The highest BCUT2D eigenvalue weighted by Crippen LogP contribution is 2.68. The summed E-state index contributed by atoms with van der Waals surface area (Å²) >= 11 is 0. The quantitative estimate of drug-likeness (QED) is 0.0506. The van der Waals surface area contributed by atoms with Crippen molar-refractivity contribution in [1.29, 1.82) is 0 Å². The van der Waals surface area contributed by atoms with Crippen molar-refractivity contribution >= 4 is 0 Å². The van der Waals surface area contributed by atoms with E-state index in [4.69, 9.17) is 18.9 Å². The molecule has 103 heavy (non-hydrogen) atoms. The first-order valence-corrected chi connectivity index (χ1v) is 39.0. The second-order valence-electron chi connectivity index (χ2n) is 29.9. The summed E-state index contributed by atoms with van der Waals surface area (Å²) in [7, 11) is 0. The van der Waals surface area contributed by atoms with Crippen molar-refractivity contribution in [2.24, 2.45) is 0 Å². The second-order valence-corrected chi connectivity index (χ2v) is 29.9. The van der Waals surface area contributed by atoms with Crippen molar-refractivity contribution in [3.05, 3.63) is 309 Å². The van der Waals surface area contributed by atoms with Gasteiger partial charge in [-0.05, 0) is 254 Å². The van der Waals surface area contributed by atoms with Crippen molar-refractivity contribution in [2.75, 3.05) is 26.4 Å². The minimum atomic E-state index is -0.601. The molecular formula is C99H92O4. The van der Waals surface area contributed by atoms with Crippen molar-refractivity contribution < 1.29 is 18.9 Å². The van der Waals surface area contributed by atoms with Gasteiger partial charge in [0.1, 0.15) is 23.0 Å². The summed E-state index contributed by atoms with van der Waals surface area (Å²) in [5.74, 6) is 3.70. The molecule has 12 aromatic rings. The SMILES string of the molecule is CCCCCCOc1ccc2c(c1)-c1cc(OCCCCCC)ccc1C21c2ccccc2-c2ccc(-c3ccc4c(c3)C3(c5ccccc5-c5ccccc53)c3cc(-c5ccc6c(c5)C5(c7ccccc7-6)c6ccc(OCCCCCC)cc6-c6cc(OCCCCCC)ccc65)ccc3-4)cc21. The van der Waals surface area contributed by atoms with Crippen molar-refractivity contribution in [1.82, 2.24) is 0 Å². The Labute approximate surface area is 609 Å². The fourth-order valence-electron chi connectivity index (χ4n) is 19.4. The fraction of sp³-hybridized carbons (Fsp3) is 0.273. The summed E-state index contributed by atoms with van der Waals surface area (Å²) < 4.78 is 26.5. The van der Waals surface area contributed by atoms with Gasteiger partial charge in [-0.15, -0.1) is 0 Å². The summed E-state index contributed by atoms with van der Waals surface area (Å²) in [5, 5.41) is 0. The van der Waals surface area contributed by atoms with Crippen LogP contribution in [0.25, 0.3) is 89.0 Å². The van der Waals surface area contributed by atoms with Crippen molar-refractivity contribution in [3.8, 4) is 112 Å². The van der Waals surface area contributed by atoms with Gasteiger partial charge in [0.15, 0.2) is 0 Å². The highest BCUT2D eigenvalue weighted by Gasteiger charge is 2.56. The molecule has 0 saturated heterocycles. The zero-order valence-corrected chi connectivity index (χ0v) is 60.4. The first kappa shape index (κ1) is 64.9. The Hall–Kier alpha value is -10.2. The van der Waals surface area contributed by atoms with Crippen molar-refractivity contribution in [3.63, 3.8) is 0 Å². The van der Waals surface area contributed by atoms with E-state index in [1.165, 1.54) is 233 Å². The molecule has 0 bridgehead atoms. The van der Waals surface area contributed by atoms with Gasteiger partial charge in [-0.1, -0.05) is 275 Å². The van der Waals surface area contributed by atoms with Gasteiger partial charge in [-0.2, -0.15) is 0 Å². The average molecular weight is 1350 g/mol. The summed E-state index contributed by atoms with van der Waals surface area (Å²) in [5.41, 5.74) is 34.0. The monoisotopic (exact) mass is 1340 g/mol. The van der Waals surface area contributed by atoms with Gasteiger partial charge >= 0.3 is 0 Å². The Morgan fingerprint density at radius 3 is 0.641 bits per heavy atom. The van der Waals surface area contributed by atoms with Gasteiger partial charge in [0.25, 0.3) is 0 Å². The van der Waals surface area contributed by atoms with E-state index >= 15 is 0 Å². The van der Waals surface area contributed by atoms with Crippen LogP contribution in [-0.4, -0.2) is 26.4 Å². The second kappa shape index (κ2) is 26.9.